The van der Waals surface area contributed by atoms with E-state index >= 15 is 0 Å². The minimum Gasteiger partial charge on any atom is -0.345 e. The van der Waals surface area contributed by atoms with Crippen LogP contribution in [-0.2, 0) is 0 Å². The standard InChI is InChI=1S/C14H12ClN3O3/c1-9(10-4-6-16-7-5-10)17-14(19)12-8-11(15)2-3-13(12)18(20)21/h2-9H,1H3,(H,17,19). The van der Waals surface area contributed by atoms with Gasteiger partial charge >= 0.3 is 0 Å². The average molecular weight is 306 g/mol. The fourth-order valence-corrected chi connectivity index (χ4v) is 2.03. The number of amides is 1. The number of nitrogens with one attached hydrogen (secondary N) is 1. The monoisotopic (exact) mass is 305 g/mol. The molecule has 1 atom stereocenters. The quantitative estimate of drug-likeness (QED) is 0.694. The molecule has 2 aromatic rings. The molecule has 0 saturated heterocycles. The molecular formula is C14H12ClN3O3. The number of hydrogen-bond donors (Lipinski definition) is 1. The maximum Gasteiger partial charge on any atom is 0.282 e. The van der Waals surface area contributed by atoms with Gasteiger partial charge in [0.05, 0.1) is 11.0 Å². The molecule has 1 aromatic heterocycles. The molecule has 1 amide bonds. The Labute approximate surface area is 125 Å². The van der Waals surface area contributed by atoms with Gasteiger partial charge in [-0.2, -0.15) is 0 Å². The zero-order chi connectivity index (χ0) is 15.4. The van der Waals surface area contributed by atoms with E-state index in [1.807, 2.05) is 0 Å². The van der Waals surface area contributed by atoms with E-state index in [0.29, 0.717) is 0 Å². The van der Waals surface area contributed by atoms with Gasteiger partial charge in [-0.3, -0.25) is 19.9 Å². The molecule has 1 heterocycles. The molecule has 0 saturated carbocycles. The van der Waals surface area contributed by atoms with E-state index < -0.39 is 10.8 Å². The Kier molecular flexibility index (Phi) is 4.49. The highest BCUT2D eigenvalue weighted by atomic mass is 35.5. The van der Waals surface area contributed by atoms with Gasteiger partial charge in [0.1, 0.15) is 5.56 Å². The molecule has 2 rings (SSSR count). The smallest absolute Gasteiger partial charge is 0.282 e. The molecule has 1 aromatic carbocycles. The van der Waals surface area contributed by atoms with E-state index in [1.54, 1.807) is 31.5 Å². The Morgan fingerprint density at radius 3 is 2.62 bits per heavy atom. The van der Waals surface area contributed by atoms with Crippen molar-refractivity contribution in [3.05, 3.63) is 69.0 Å². The van der Waals surface area contributed by atoms with E-state index in [4.69, 9.17) is 11.6 Å². The van der Waals surface area contributed by atoms with Gasteiger partial charge in [0.25, 0.3) is 11.6 Å². The second-order valence-electron chi connectivity index (χ2n) is 4.39. The largest absolute Gasteiger partial charge is 0.345 e. The third-order valence-corrected chi connectivity index (χ3v) is 3.19. The first-order chi connectivity index (χ1) is 9.99. The maximum absolute atomic E-state index is 12.2. The molecular weight excluding hydrogens is 294 g/mol. The van der Waals surface area contributed by atoms with Crippen molar-refractivity contribution in [3.8, 4) is 0 Å². The van der Waals surface area contributed by atoms with Crippen LogP contribution in [0, 0.1) is 10.1 Å². The zero-order valence-corrected chi connectivity index (χ0v) is 11.9. The highest BCUT2D eigenvalue weighted by molar-refractivity contribution is 6.31. The highest BCUT2D eigenvalue weighted by Gasteiger charge is 2.21. The van der Waals surface area contributed by atoms with Crippen molar-refractivity contribution in [3.63, 3.8) is 0 Å². The number of pyridine rings is 1. The summed E-state index contributed by atoms with van der Waals surface area (Å²) in [6.07, 6.45) is 3.22. The summed E-state index contributed by atoms with van der Waals surface area (Å²) in [4.78, 5) is 26.5. The number of nitro groups is 1. The second kappa shape index (κ2) is 6.32. The summed E-state index contributed by atoms with van der Waals surface area (Å²) in [5.74, 6) is -0.548. The van der Waals surface area contributed by atoms with Gasteiger partial charge in [-0.15, -0.1) is 0 Å². The van der Waals surface area contributed by atoms with Crippen molar-refractivity contribution < 1.29 is 9.72 Å². The topological polar surface area (TPSA) is 85.1 Å². The van der Waals surface area contributed by atoms with Crippen LogP contribution in [0.4, 0.5) is 5.69 Å². The molecule has 1 N–H and O–H groups in total. The normalized spacial score (nSPS) is 11.7. The van der Waals surface area contributed by atoms with Crippen LogP contribution in [0.1, 0.15) is 28.9 Å². The number of nitrogens with zero attached hydrogens (tertiary/aromatic N) is 2. The molecule has 0 fully saturated rings. The number of carbonyl (C=O) groups excluding carboxylic acids is 1. The summed E-state index contributed by atoms with van der Waals surface area (Å²) >= 11 is 5.81. The van der Waals surface area contributed by atoms with Gasteiger partial charge in [-0.1, -0.05) is 11.6 Å². The van der Waals surface area contributed by atoms with Crippen molar-refractivity contribution in [2.24, 2.45) is 0 Å². The Balaban J connectivity index is 2.25. The zero-order valence-electron chi connectivity index (χ0n) is 11.1. The molecule has 0 spiro atoms. The Bertz CT molecular complexity index is 676. The van der Waals surface area contributed by atoms with Gasteiger partial charge < -0.3 is 5.32 Å². The summed E-state index contributed by atoms with van der Waals surface area (Å²) in [5, 5.41) is 13.9. The predicted octanol–water partition coefficient (Wildman–Crippen LogP) is 3.13. The molecule has 0 radical (unpaired) electrons. The van der Waals surface area contributed by atoms with E-state index in [1.165, 1.54) is 18.2 Å². The van der Waals surface area contributed by atoms with Crippen molar-refractivity contribution in [1.82, 2.24) is 10.3 Å². The van der Waals surface area contributed by atoms with Crippen LogP contribution >= 0.6 is 11.6 Å². The third kappa shape index (κ3) is 3.55. The lowest BCUT2D eigenvalue weighted by molar-refractivity contribution is -0.385. The van der Waals surface area contributed by atoms with Crippen LogP contribution in [0.5, 0.6) is 0 Å². The van der Waals surface area contributed by atoms with Gasteiger partial charge in [-0.05, 0) is 36.8 Å². The number of hydrogen-bond acceptors (Lipinski definition) is 4. The number of rotatable bonds is 4. The van der Waals surface area contributed by atoms with Crippen molar-refractivity contribution in [1.29, 1.82) is 0 Å². The summed E-state index contributed by atoms with van der Waals surface area (Å²) < 4.78 is 0. The van der Waals surface area contributed by atoms with Gasteiger partial charge in [0.15, 0.2) is 0 Å². The SMILES string of the molecule is CC(NC(=O)c1cc(Cl)ccc1[N+](=O)[O-])c1ccncc1. The van der Waals surface area contributed by atoms with E-state index in [0.717, 1.165) is 5.56 Å². The molecule has 6 nitrogen and oxygen atoms in total. The minimum absolute atomic E-state index is 0.0617. The first kappa shape index (κ1) is 14.9. The van der Waals surface area contributed by atoms with Crippen molar-refractivity contribution in [2.75, 3.05) is 0 Å². The summed E-state index contributed by atoms with van der Waals surface area (Å²) in [5.41, 5.74) is 0.510. The Hall–Kier alpha value is -2.47. The second-order valence-corrected chi connectivity index (χ2v) is 4.83. The molecule has 0 bridgehead atoms. The molecule has 21 heavy (non-hydrogen) atoms. The summed E-state index contributed by atoms with van der Waals surface area (Å²) in [7, 11) is 0. The molecule has 7 heteroatoms. The van der Waals surface area contributed by atoms with Crippen LogP contribution in [0.2, 0.25) is 5.02 Å². The number of aromatic nitrogens is 1. The molecule has 108 valence electrons. The van der Waals surface area contributed by atoms with E-state index in [9.17, 15) is 14.9 Å². The predicted molar refractivity (Wildman–Crippen MR) is 78.2 cm³/mol. The van der Waals surface area contributed by atoms with Crippen molar-refractivity contribution in [2.45, 2.75) is 13.0 Å². The first-order valence-electron chi connectivity index (χ1n) is 6.14. The Morgan fingerprint density at radius 1 is 1.33 bits per heavy atom. The maximum atomic E-state index is 12.2. The molecule has 0 aliphatic heterocycles. The Morgan fingerprint density at radius 2 is 2.00 bits per heavy atom. The van der Waals surface area contributed by atoms with Gasteiger partial charge in [0, 0.05) is 23.5 Å². The minimum atomic E-state index is -0.609. The lowest BCUT2D eigenvalue weighted by atomic mass is 10.1. The first-order valence-corrected chi connectivity index (χ1v) is 6.51. The van der Waals surface area contributed by atoms with Crippen LogP contribution in [0.15, 0.2) is 42.7 Å². The number of benzene rings is 1. The molecule has 0 aliphatic rings. The van der Waals surface area contributed by atoms with Crippen molar-refractivity contribution >= 4 is 23.2 Å². The van der Waals surface area contributed by atoms with Crippen LogP contribution in [0.25, 0.3) is 0 Å². The molecule has 0 aliphatic carbocycles. The van der Waals surface area contributed by atoms with E-state index in [-0.39, 0.29) is 22.3 Å². The summed E-state index contributed by atoms with van der Waals surface area (Å²) in [6, 6.07) is 7.10. The molecule has 1 unspecified atom stereocenters. The highest BCUT2D eigenvalue weighted by Crippen LogP contribution is 2.23. The lowest BCUT2D eigenvalue weighted by Gasteiger charge is -2.14. The van der Waals surface area contributed by atoms with Gasteiger partial charge in [-0.25, -0.2) is 0 Å². The van der Waals surface area contributed by atoms with Crippen LogP contribution in [-0.4, -0.2) is 15.8 Å². The number of halogens is 1. The number of carbonyl (C=O) groups is 1. The van der Waals surface area contributed by atoms with E-state index in [2.05, 4.69) is 10.3 Å². The fourth-order valence-electron chi connectivity index (χ4n) is 1.86. The lowest BCUT2D eigenvalue weighted by Crippen LogP contribution is -2.27. The summed E-state index contributed by atoms with van der Waals surface area (Å²) in [6.45, 7) is 1.78. The average Bonchev–Trinajstić information content (AvgIpc) is 2.47. The van der Waals surface area contributed by atoms with Crippen LogP contribution in [0.3, 0.4) is 0 Å². The van der Waals surface area contributed by atoms with Crippen LogP contribution < -0.4 is 5.32 Å². The third-order valence-electron chi connectivity index (χ3n) is 2.95. The van der Waals surface area contributed by atoms with Gasteiger partial charge in [0.2, 0.25) is 0 Å². The fraction of sp³-hybridized carbons (Fsp3) is 0.143. The number of nitro benzene ring substituents is 1.